The van der Waals surface area contributed by atoms with Gasteiger partial charge >= 0.3 is 0 Å². The van der Waals surface area contributed by atoms with Crippen molar-refractivity contribution in [2.45, 2.75) is 20.3 Å². The summed E-state index contributed by atoms with van der Waals surface area (Å²) in [6, 6.07) is 8.40. The fourth-order valence-corrected chi connectivity index (χ4v) is 3.00. The summed E-state index contributed by atoms with van der Waals surface area (Å²) in [6.45, 7) is 8.84. The molecular weight excluding hydrogens is 316 g/mol. The van der Waals surface area contributed by atoms with Gasteiger partial charge in [0.1, 0.15) is 0 Å². The Labute approximate surface area is 150 Å². The summed E-state index contributed by atoms with van der Waals surface area (Å²) in [4.78, 5) is 30.1. The minimum atomic E-state index is -0.0953. The van der Waals surface area contributed by atoms with Crippen molar-refractivity contribution in [3.05, 3.63) is 29.8 Å². The van der Waals surface area contributed by atoms with Crippen molar-refractivity contribution in [2.75, 3.05) is 57.8 Å². The van der Waals surface area contributed by atoms with Crippen LogP contribution in [0.5, 0.6) is 0 Å². The van der Waals surface area contributed by atoms with E-state index < -0.39 is 0 Å². The lowest BCUT2D eigenvalue weighted by Crippen LogP contribution is -2.50. The van der Waals surface area contributed by atoms with Crippen molar-refractivity contribution in [1.82, 2.24) is 15.1 Å². The third kappa shape index (κ3) is 5.74. The third-order valence-electron chi connectivity index (χ3n) is 4.57. The number of carbonyl (C=O) groups is 2. The molecule has 1 heterocycles. The molecule has 2 amide bonds. The van der Waals surface area contributed by atoms with Gasteiger partial charge in [-0.1, -0.05) is 25.1 Å². The minimum Gasteiger partial charge on any atom is -0.369 e. The predicted octanol–water partition coefficient (Wildman–Crippen LogP) is 1.10. The van der Waals surface area contributed by atoms with Crippen LogP contribution in [0.1, 0.15) is 18.9 Å². The van der Waals surface area contributed by atoms with Crippen LogP contribution in [-0.2, 0) is 9.59 Å². The Morgan fingerprint density at radius 3 is 2.48 bits per heavy atom. The molecule has 1 aliphatic heterocycles. The number of benzene rings is 1. The van der Waals surface area contributed by atoms with Gasteiger partial charge in [-0.3, -0.25) is 14.5 Å². The fourth-order valence-electron chi connectivity index (χ4n) is 3.00. The van der Waals surface area contributed by atoms with Crippen LogP contribution in [0.4, 0.5) is 5.69 Å². The smallest absolute Gasteiger partial charge is 0.239 e. The number of piperazine rings is 1. The summed E-state index contributed by atoms with van der Waals surface area (Å²) >= 11 is 0. The second kappa shape index (κ2) is 9.42. The van der Waals surface area contributed by atoms with Crippen LogP contribution < -0.4 is 10.2 Å². The van der Waals surface area contributed by atoms with Crippen LogP contribution in [0, 0.1) is 6.92 Å². The first kappa shape index (κ1) is 19.2. The summed E-state index contributed by atoms with van der Waals surface area (Å²) in [6.07, 6.45) is 0.897. The number of para-hydroxylation sites is 1. The van der Waals surface area contributed by atoms with E-state index in [0.29, 0.717) is 13.1 Å². The van der Waals surface area contributed by atoms with Gasteiger partial charge in [-0.15, -0.1) is 0 Å². The number of rotatable bonds is 7. The molecule has 138 valence electrons. The summed E-state index contributed by atoms with van der Waals surface area (Å²) in [5.41, 5.74) is 2.56. The second-order valence-electron chi connectivity index (χ2n) is 6.65. The highest BCUT2D eigenvalue weighted by atomic mass is 16.2. The predicted molar refractivity (Wildman–Crippen MR) is 101 cm³/mol. The first-order valence-corrected chi connectivity index (χ1v) is 9.05. The van der Waals surface area contributed by atoms with Crippen molar-refractivity contribution in [2.24, 2.45) is 0 Å². The van der Waals surface area contributed by atoms with Crippen molar-refractivity contribution in [3.63, 3.8) is 0 Å². The third-order valence-corrected chi connectivity index (χ3v) is 4.57. The van der Waals surface area contributed by atoms with Crippen LogP contribution in [0.3, 0.4) is 0 Å². The van der Waals surface area contributed by atoms with Gasteiger partial charge in [-0.25, -0.2) is 0 Å². The molecule has 0 bridgehead atoms. The topological polar surface area (TPSA) is 55.9 Å². The van der Waals surface area contributed by atoms with Crippen molar-refractivity contribution < 1.29 is 9.59 Å². The molecule has 0 aromatic heterocycles. The molecule has 0 aliphatic carbocycles. The van der Waals surface area contributed by atoms with Crippen LogP contribution >= 0.6 is 0 Å². The van der Waals surface area contributed by atoms with Crippen molar-refractivity contribution in [1.29, 1.82) is 0 Å². The van der Waals surface area contributed by atoms with Crippen LogP contribution in [0.25, 0.3) is 0 Å². The highest BCUT2D eigenvalue weighted by molar-refractivity contribution is 5.85. The number of hydrogen-bond acceptors (Lipinski definition) is 4. The quantitative estimate of drug-likeness (QED) is 0.803. The Bertz CT molecular complexity index is 583. The van der Waals surface area contributed by atoms with E-state index in [1.165, 1.54) is 16.2 Å². The zero-order valence-corrected chi connectivity index (χ0v) is 15.6. The Morgan fingerprint density at radius 2 is 1.84 bits per heavy atom. The maximum Gasteiger partial charge on any atom is 0.239 e. The number of likely N-dealkylation sites (N-methyl/N-ethyl adjacent to an activating group) is 1. The Balaban J connectivity index is 1.76. The zero-order valence-electron chi connectivity index (χ0n) is 15.6. The minimum absolute atomic E-state index is 0.00371. The summed E-state index contributed by atoms with van der Waals surface area (Å²) in [7, 11) is 1.69. The number of carbonyl (C=O) groups excluding carboxylic acids is 2. The maximum atomic E-state index is 12.3. The van der Waals surface area contributed by atoms with Gasteiger partial charge in [0.2, 0.25) is 11.8 Å². The van der Waals surface area contributed by atoms with Gasteiger partial charge in [0, 0.05) is 45.5 Å². The summed E-state index contributed by atoms with van der Waals surface area (Å²) < 4.78 is 0. The van der Waals surface area contributed by atoms with Crippen LogP contribution in [-0.4, -0.2) is 74.5 Å². The molecule has 0 unspecified atom stereocenters. The molecular formula is C19H30N4O2. The number of hydrogen-bond donors (Lipinski definition) is 1. The molecule has 1 aromatic rings. The van der Waals surface area contributed by atoms with Gasteiger partial charge in [0.05, 0.1) is 13.1 Å². The maximum absolute atomic E-state index is 12.3. The van der Waals surface area contributed by atoms with Crippen molar-refractivity contribution in [3.8, 4) is 0 Å². The molecule has 0 spiro atoms. The number of amides is 2. The van der Waals surface area contributed by atoms with E-state index in [0.717, 1.165) is 32.6 Å². The number of nitrogens with one attached hydrogen (secondary N) is 1. The zero-order chi connectivity index (χ0) is 18.2. The molecule has 1 aliphatic rings. The molecule has 1 aromatic carbocycles. The number of anilines is 1. The van der Waals surface area contributed by atoms with Crippen LogP contribution in [0.2, 0.25) is 0 Å². The van der Waals surface area contributed by atoms with Gasteiger partial charge in [-0.2, -0.15) is 0 Å². The Morgan fingerprint density at radius 1 is 1.16 bits per heavy atom. The van der Waals surface area contributed by atoms with E-state index in [1.807, 2.05) is 6.92 Å². The van der Waals surface area contributed by atoms with E-state index in [9.17, 15) is 9.59 Å². The molecule has 1 N–H and O–H groups in total. The van der Waals surface area contributed by atoms with E-state index in [-0.39, 0.29) is 18.4 Å². The summed E-state index contributed by atoms with van der Waals surface area (Å²) in [5.74, 6) is -0.0990. The average molecular weight is 346 g/mol. The molecule has 6 nitrogen and oxygen atoms in total. The molecule has 6 heteroatoms. The molecule has 0 saturated carbocycles. The number of nitrogens with zero attached hydrogens (tertiary/aromatic N) is 3. The van der Waals surface area contributed by atoms with E-state index in [2.05, 4.69) is 46.3 Å². The van der Waals surface area contributed by atoms with Gasteiger partial charge < -0.3 is 15.1 Å². The first-order valence-electron chi connectivity index (χ1n) is 9.05. The van der Waals surface area contributed by atoms with E-state index in [1.54, 1.807) is 7.05 Å². The van der Waals surface area contributed by atoms with Gasteiger partial charge in [0.25, 0.3) is 0 Å². The molecule has 25 heavy (non-hydrogen) atoms. The Hall–Kier alpha value is -2.08. The molecule has 0 radical (unpaired) electrons. The first-order chi connectivity index (χ1) is 12.0. The van der Waals surface area contributed by atoms with Gasteiger partial charge in [-0.05, 0) is 25.0 Å². The highest BCUT2D eigenvalue weighted by Crippen LogP contribution is 2.20. The lowest BCUT2D eigenvalue weighted by molar-refractivity contribution is -0.135. The van der Waals surface area contributed by atoms with Crippen molar-refractivity contribution >= 4 is 17.5 Å². The highest BCUT2D eigenvalue weighted by Gasteiger charge is 2.22. The lowest BCUT2D eigenvalue weighted by Gasteiger charge is -2.37. The number of aryl methyl sites for hydroxylation is 1. The lowest BCUT2D eigenvalue weighted by atomic mass is 10.1. The van der Waals surface area contributed by atoms with E-state index >= 15 is 0 Å². The molecule has 0 atom stereocenters. The van der Waals surface area contributed by atoms with E-state index in [4.69, 9.17) is 0 Å². The standard InChI is InChI=1S/C19H30N4O2/c1-4-9-20-18(24)14-21(3)19(25)15-22-10-12-23(13-11-22)17-8-6-5-7-16(17)2/h5-8H,4,9-15H2,1-3H3,(H,20,24). The Kier molecular flexibility index (Phi) is 7.25. The average Bonchev–Trinajstić information content (AvgIpc) is 2.61. The SMILES string of the molecule is CCCNC(=O)CN(C)C(=O)CN1CCN(c2ccccc2C)CC1. The fraction of sp³-hybridized carbons (Fsp3) is 0.579. The monoisotopic (exact) mass is 346 g/mol. The molecule has 1 saturated heterocycles. The van der Waals surface area contributed by atoms with Crippen LogP contribution in [0.15, 0.2) is 24.3 Å². The second-order valence-corrected chi connectivity index (χ2v) is 6.65. The largest absolute Gasteiger partial charge is 0.369 e. The molecule has 2 rings (SSSR count). The summed E-state index contributed by atoms with van der Waals surface area (Å²) in [5, 5.41) is 2.80. The van der Waals surface area contributed by atoms with Gasteiger partial charge in [0.15, 0.2) is 0 Å². The normalized spacial score (nSPS) is 15.1. The molecule has 1 fully saturated rings.